The number of nitrogens with zero attached hydrogens (tertiary/aromatic N) is 8. The van der Waals surface area contributed by atoms with E-state index < -0.39 is 0 Å². The van der Waals surface area contributed by atoms with Gasteiger partial charge in [0.15, 0.2) is 0 Å². The minimum absolute atomic E-state index is 0.129. The first kappa shape index (κ1) is 27.5. The first-order chi connectivity index (χ1) is 19.9. The molecule has 0 unspecified atom stereocenters. The normalized spacial score (nSPS) is 17.2. The number of fused-ring (bicyclic) bond motifs is 1. The van der Waals surface area contributed by atoms with Crippen LogP contribution in [0.3, 0.4) is 0 Å². The molecule has 2 fully saturated rings. The Morgan fingerprint density at radius 2 is 1.56 bits per heavy atom. The van der Waals surface area contributed by atoms with Gasteiger partial charge in [-0.1, -0.05) is 23.2 Å². The standard InChI is InChI=1S/C28H31Cl2N9O2/c1-18(25-22(29)16-31-17-23(25)30)41-20-3-4-24-21(13-20)26(35-34-24)19-14-32-27(33-15-19)37-9-11-39(12-10-37)28(40)38-7-5-36(2)6-8-38/h3-4,13-18H,5-12H2,1-2H3,(H,34,35)/t18-/m1/s1. The highest BCUT2D eigenvalue weighted by Gasteiger charge is 2.28. The van der Waals surface area contributed by atoms with Crippen LogP contribution in [0.4, 0.5) is 10.7 Å². The minimum Gasteiger partial charge on any atom is -0.486 e. The van der Waals surface area contributed by atoms with Crippen LogP contribution in [-0.4, -0.2) is 105 Å². The lowest BCUT2D eigenvalue weighted by Gasteiger charge is -2.39. The van der Waals surface area contributed by atoms with Gasteiger partial charge < -0.3 is 24.3 Å². The molecule has 2 amide bonds. The number of amides is 2. The van der Waals surface area contributed by atoms with Crippen LogP contribution in [0.5, 0.6) is 5.75 Å². The first-order valence-electron chi connectivity index (χ1n) is 13.6. The number of nitrogens with one attached hydrogen (secondary N) is 1. The number of aromatic nitrogens is 5. The maximum atomic E-state index is 12.9. The van der Waals surface area contributed by atoms with Gasteiger partial charge in [0.05, 0.1) is 15.6 Å². The van der Waals surface area contributed by atoms with Crippen molar-refractivity contribution in [1.82, 2.24) is 39.8 Å². The Morgan fingerprint density at radius 1 is 0.927 bits per heavy atom. The van der Waals surface area contributed by atoms with Gasteiger partial charge in [0.25, 0.3) is 0 Å². The molecule has 0 aliphatic carbocycles. The molecule has 2 aliphatic heterocycles. The summed E-state index contributed by atoms with van der Waals surface area (Å²) in [5, 5.41) is 9.38. The molecule has 1 atom stereocenters. The Hall–Kier alpha value is -3.67. The molecule has 5 heterocycles. The molecule has 3 aromatic heterocycles. The molecule has 2 aliphatic rings. The molecule has 4 aromatic rings. The zero-order chi connectivity index (χ0) is 28.5. The van der Waals surface area contributed by atoms with Crippen LogP contribution in [-0.2, 0) is 0 Å². The van der Waals surface area contributed by atoms with Crippen LogP contribution in [0.1, 0.15) is 18.6 Å². The number of carbonyl (C=O) groups excluding carboxylic acids is 1. The molecule has 0 bridgehead atoms. The van der Waals surface area contributed by atoms with E-state index in [4.69, 9.17) is 27.9 Å². The second-order valence-corrected chi connectivity index (χ2v) is 11.2. The first-order valence-corrected chi connectivity index (χ1v) is 14.4. The van der Waals surface area contributed by atoms with E-state index in [1.807, 2.05) is 34.9 Å². The largest absolute Gasteiger partial charge is 0.486 e. The maximum Gasteiger partial charge on any atom is 0.320 e. The lowest BCUT2D eigenvalue weighted by molar-refractivity contribution is 0.120. The number of urea groups is 1. The number of ether oxygens (including phenoxy) is 1. The third-order valence-electron chi connectivity index (χ3n) is 7.66. The summed E-state index contributed by atoms with van der Waals surface area (Å²) in [4.78, 5) is 34.5. The van der Waals surface area contributed by atoms with Gasteiger partial charge in [-0.15, -0.1) is 0 Å². The quantitative estimate of drug-likeness (QED) is 0.363. The van der Waals surface area contributed by atoms with Crippen LogP contribution < -0.4 is 9.64 Å². The Morgan fingerprint density at radius 3 is 2.22 bits per heavy atom. The summed E-state index contributed by atoms with van der Waals surface area (Å²) in [6.07, 6.45) is 6.29. The zero-order valence-corrected chi connectivity index (χ0v) is 24.4. The van der Waals surface area contributed by atoms with E-state index >= 15 is 0 Å². The number of H-pyrrole nitrogens is 1. The predicted molar refractivity (Wildman–Crippen MR) is 159 cm³/mol. The van der Waals surface area contributed by atoms with E-state index in [0.717, 1.165) is 48.3 Å². The molecular formula is C28H31Cl2N9O2. The lowest BCUT2D eigenvalue weighted by Crippen LogP contribution is -2.56. The molecule has 6 rings (SSSR count). The predicted octanol–water partition coefficient (Wildman–Crippen LogP) is 4.35. The number of hydrogen-bond donors (Lipinski definition) is 1. The molecule has 11 nitrogen and oxygen atoms in total. The van der Waals surface area contributed by atoms with Crippen LogP contribution in [0, 0.1) is 0 Å². The van der Waals surface area contributed by atoms with Crippen molar-refractivity contribution in [2.24, 2.45) is 0 Å². The molecule has 2 saturated heterocycles. The summed E-state index contributed by atoms with van der Waals surface area (Å²) < 4.78 is 6.19. The SMILES string of the molecule is C[C@@H](Oc1ccc2[nH]nc(-c3cnc(N4CCN(C(=O)N5CCN(C)CC5)CC4)nc3)c2c1)c1c(Cl)cncc1Cl. The highest BCUT2D eigenvalue weighted by Crippen LogP contribution is 2.34. The van der Waals surface area contributed by atoms with E-state index in [0.29, 0.717) is 53.5 Å². The molecule has 0 radical (unpaired) electrons. The number of benzene rings is 1. The minimum atomic E-state index is -0.384. The number of rotatable bonds is 5. The molecule has 214 valence electrons. The Kier molecular flexibility index (Phi) is 7.83. The molecule has 41 heavy (non-hydrogen) atoms. The van der Waals surface area contributed by atoms with Crippen molar-refractivity contribution in [2.75, 3.05) is 64.3 Å². The number of aromatic amines is 1. The smallest absolute Gasteiger partial charge is 0.320 e. The Balaban J connectivity index is 1.12. The summed E-state index contributed by atoms with van der Waals surface area (Å²) in [6.45, 7) is 7.96. The molecular weight excluding hydrogens is 565 g/mol. The van der Waals surface area contributed by atoms with Crippen molar-refractivity contribution < 1.29 is 9.53 Å². The monoisotopic (exact) mass is 595 g/mol. The van der Waals surface area contributed by atoms with Gasteiger partial charge in [0, 0.05) is 93.7 Å². The van der Waals surface area contributed by atoms with Crippen molar-refractivity contribution in [3.05, 3.63) is 58.6 Å². The molecule has 1 N–H and O–H groups in total. The van der Waals surface area contributed by atoms with Crippen LogP contribution in [0.15, 0.2) is 43.0 Å². The highest BCUT2D eigenvalue weighted by atomic mass is 35.5. The molecule has 13 heteroatoms. The van der Waals surface area contributed by atoms with Crippen molar-refractivity contribution in [3.8, 4) is 17.0 Å². The number of likely N-dealkylation sites (N-methyl/N-ethyl adjacent to an activating group) is 1. The topological polar surface area (TPSA) is 107 Å². The van der Waals surface area contributed by atoms with E-state index in [1.54, 1.807) is 24.8 Å². The van der Waals surface area contributed by atoms with E-state index in [9.17, 15) is 4.79 Å². The fraction of sp³-hybridized carbons (Fsp3) is 0.393. The van der Waals surface area contributed by atoms with E-state index in [-0.39, 0.29) is 12.1 Å². The Labute approximate surface area is 248 Å². The van der Waals surface area contributed by atoms with Gasteiger partial charge in [0.1, 0.15) is 17.5 Å². The number of halogens is 2. The summed E-state index contributed by atoms with van der Waals surface area (Å²) in [6, 6.07) is 5.85. The lowest BCUT2D eigenvalue weighted by atomic mass is 10.1. The van der Waals surface area contributed by atoms with E-state index in [2.05, 4.69) is 42.0 Å². The van der Waals surface area contributed by atoms with E-state index in [1.165, 1.54) is 0 Å². The number of hydrogen-bond acceptors (Lipinski definition) is 8. The summed E-state index contributed by atoms with van der Waals surface area (Å²) in [5.41, 5.74) is 3.07. The van der Waals surface area contributed by atoms with Gasteiger partial charge in [-0.3, -0.25) is 10.1 Å². The fourth-order valence-electron chi connectivity index (χ4n) is 5.26. The van der Waals surface area contributed by atoms with Gasteiger partial charge in [-0.2, -0.15) is 5.10 Å². The van der Waals surface area contributed by atoms with Crippen LogP contribution >= 0.6 is 23.2 Å². The summed E-state index contributed by atoms with van der Waals surface area (Å²) >= 11 is 12.6. The molecule has 0 spiro atoms. The van der Waals surface area contributed by atoms with Crippen molar-refractivity contribution in [2.45, 2.75) is 13.0 Å². The molecule has 0 saturated carbocycles. The van der Waals surface area contributed by atoms with Crippen molar-refractivity contribution >= 4 is 46.1 Å². The number of carbonyl (C=O) groups is 1. The third kappa shape index (κ3) is 5.74. The fourth-order valence-corrected chi connectivity index (χ4v) is 5.93. The van der Waals surface area contributed by atoms with Gasteiger partial charge in [-0.05, 0) is 32.2 Å². The van der Waals surface area contributed by atoms with Gasteiger partial charge in [0.2, 0.25) is 5.95 Å². The number of pyridine rings is 1. The summed E-state index contributed by atoms with van der Waals surface area (Å²) in [7, 11) is 2.09. The maximum absolute atomic E-state index is 12.9. The second kappa shape index (κ2) is 11.7. The highest BCUT2D eigenvalue weighted by molar-refractivity contribution is 6.35. The van der Waals surface area contributed by atoms with Crippen LogP contribution in [0.2, 0.25) is 10.0 Å². The Bertz CT molecular complexity index is 1510. The zero-order valence-electron chi connectivity index (χ0n) is 22.9. The third-order valence-corrected chi connectivity index (χ3v) is 8.26. The van der Waals surface area contributed by atoms with Gasteiger partial charge in [-0.25, -0.2) is 14.8 Å². The van der Waals surface area contributed by atoms with Crippen LogP contribution in [0.25, 0.3) is 22.2 Å². The van der Waals surface area contributed by atoms with Crippen molar-refractivity contribution in [3.63, 3.8) is 0 Å². The second-order valence-electron chi connectivity index (χ2n) is 10.4. The number of anilines is 1. The summed E-state index contributed by atoms with van der Waals surface area (Å²) in [5.74, 6) is 1.29. The average molecular weight is 597 g/mol. The number of piperazine rings is 2. The molecule has 1 aromatic carbocycles. The van der Waals surface area contributed by atoms with Crippen molar-refractivity contribution in [1.29, 1.82) is 0 Å². The van der Waals surface area contributed by atoms with Gasteiger partial charge >= 0.3 is 6.03 Å². The average Bonchev–Trinajstić information content (AvgIpc) is 3.41.